The molecule has 1 aliphatic heterocycles. The molecule has 0 saturated heterocycles. The molecule has 35 heavy (non-hydrogen) atoms. The maximum Gasteiger partial charge on any atom is 0.271 e. The number of para-hydroxylation sites is 1. The molecule has 1 unspecified atom stereocenters. The van der Waals surface area contributed by atoms with Gasteiger partial charge in [-0.3, -0.25) is 14.2 Å². The third kappa shape index (κ3) is 4.38. The number of carbonyl (C=O) groups is 1. The van der Waals surface area contributed by atoms with Gasteiger partial charge in [0.1, 0.15) is 5.82 Å². The van der Waals surface area contributed by atoms with Crippen LogP contribution in [0.1, 0.15) is 29.7 Å². The Morgan fingerprint density at radius 3 is 2.40 bits per heavy atom. The number of nitrogens with one attached hydrogen (secondary N) is 1. The number of aromatic nitrogens is 1. The van der Waals surface area contributed by atoms with E-state index in [1.807, 2.05) is 61.5 Å². The smallest absolute Gasteiger partial charge is 0.271 e. The van der Waals surface area contributed by atoms with Crippen molar-refractivity contribution in [2.45, 2.75) is 19.9 Å². The highest BCUT2D eigenvalue weighted by atomic mass is 32.1. The second-order valence-electron chi connectivity index (χ2n) is 8.31. The number of halogens is 1. The number of aryl methyl sites for hydroxylation is 1. The number of thiazole rings is 1. The third-order valence-electron chi connectivity index (χ3n) is 5.94. The monoisotopic (exact) mass is 483 g/mol. The van der Waals surface area contributed by atoms with E-state index in [4.69, 9.17) is 0 Å². The van der Waals surface area contributed by atoms with Gasteiger partial charge in [-0.05, 0) is 54.8 Å². The molecular formula is C28H22FN3O2S. The number of nitrogens with zero attached hydrogens (tertiary/aromatic N) is 2. The molecule has 1 amide bonds. The number of carbonyl (C=O) groups excluding carboxylic acids is 1. The fourth-order valence-corrected chi connectivity index (χ4v) is 5.22. The van der Waals surface area contributed by atoms with Gasteiger partial charge in [-0.2, -0.15) is 0 Å². The summed E-state index contributed by atoms with van der Waals surface area (Å²) in [6.07, 6.45) is 1.72. The van der Waals surface area contributed by atoms with Gasteiger partial charge in [-0.1, -0.05) is 72.0 Å². The quantitative estimate of drug-likeness (QED) is 0.470. The minimum absolute atomic E-state index is 0.249. The number of benzene rings is 3. The minimum atomic E-state index is -0.633. The standard InChI is InChI=1S/C28H22FN3O2S/c1-17-8-6-7-11-22(17)31-26(33)24-18(2)30-28-32(25(24)20-9-4-3-5-10-20)27(34)23(35-28)16-19-12-14-21(29)15-13-19/h3-16,25H,1-2H3,(H,31,33)/b23-16+. The first kappa shape index (κ1) is 22.7. The van der Waals surface area contributed by atoms with Gasteiger partial charge in [-0.25, -0.2) is 9.38 Å². The van der Waals surface area contributed by atoms with Gasteiger partial charge in [0.2, 0.25) is 0 Å². The Labute approximate surface area is 205 Å². The van der Waals surface area contributed by atoms with Crippen LogP contribution in [0.5, 0.6) is 0 Å². The largest absolute Gasteiger partial charge is 0.322 e. The second-order valence-corrected chi connectivity index (χ2v) is 9.32. The lowest BCUT2D eigenvalue weighted by Gasteiger charge is -2.25. The normalized spacial score (nSPS) is 15.5. The summed E-state index contributed by atoms with van der Waals surface area (Å²) in [5.74, 6) is -0.644. The molecule has 0 aliphatic carbocycles. The fraction of sp³-hybridized carbons (Fsp3) is 0.107. The van der Waals surface area contributed by atoms with Crippen molar-refractivity contribution < 1.29 is 9.18 Å². The number of allylic oxidation sites excluding steroid dienone is 1. The van der Waals surface area contributed by atoms with Crippen molar-refractivity contribution >= 4 is 29.0 Å². The van der Waals surface area contributed by atoms with Crippen molar-refractivity contribution in [3.05, 3.63) is 132 Å². The number of anilines is 1. The summed E-state index contributed by atoms with van der Waals surface area (Å²) in [7, 11) is 0. The lowest BCUT2D eigenvalue weighted by atomic mass is 9.95. The van der Waals surface area contributed by atoms with E-state index < -0.39 is 6.04 Å². The van der Waals surface area contributed by atoms with Gasteiger partial charge < -0.3 is 5.32 Å². The zero-order valence-corrected chi connectivity index (χ0v) is 20.0. The van der Waals surface area contributed by atoms with Gasteiger partial charge >= 0.3 is 0 Å². The van der Waals surface area contributed by atoms with Gasteiger partial charge in [0.25, 0.3) is 11.5 Å². The van der Waals surface area contributed by atoms with Crippen LogP contribution in [0.3, 0.4) is 0 Å². The van der Waals surface area contributed by atoms with E-state index in [1.54, 1.807) is 29.7 Å². The molecule has 1 aliphatic rings. The van der Waals surface area contributed by atoms with Crippen LogP contribution in [-0.4, -0.2) is 10.5 Å². The molecule has 7 heteroatoms. The molecule has 2 heterocycles. The zero-order valence-electron chi connectivity index (χ0n) is 19.2. The van der Waals surface area contributed by atoms with E-state index in [0.29, 0.717) is 31.9 Å². The number of hydrogen-bond donors (Lipinski definition) is 1. The van der Waals surface area contributed by atoms with Crippen LogP contribution in [0.4, 0.5) is 10.1 Å². The van der Waals surface area contributed by atoms with Crippen LogP contribution in [0, 0.1) is 12.7 Å². The Kier molecular flexibility index (Phi) is 6.01. The molecule has 5 rings (SSSR count). The van der Waals surface area contributed by atoms with Crippen LogP contribution >= 0.6 is 11.3 Å². The van der Waals surface area contributed by atoms with Crippen molar-refractivity contribution in [1.29, 1.82) is 0 Å². The maximum absolute atomic E-state index is 13.6. The molecule has 1 atom stereocenters. The molecule has 0 spiro atoms. The van der Waals surface area contributed by atoms with E-state index in [-0.39, 0.29) is 17.3 Å². The number of rotatable bonds is 4. The summed E-state index contributed by atoms with van der Waals surface area (Å²) < 4.78 is 15.4. The van der Waals surface area contributed by atoms with Crippen LogP contribution in [0.25, 0.3) is 6.08 Å². The van der Waals surface area contributed by atoms with Crippen LogP contribution in [-0.2, 0) is 4.79 Å². The molecule has 0 fully saturated rings. The average Bonchev–Trinajstić information content (AvgIpc) is 3.16. The topological polar surface area (TPSA) is 63.5 Å². The van der Waals surface area contributed by atoms with Crippen molar-refractivity contribution in [3.8, 4) is 0 Å². The Bertz CT molecular complexity index is 1630. The summed E-state index contributed by atoms with van der Waals surface area (Å²) in [5, 5.41) is 3.00. The maximum atomic E-state index is 13.6. The highest BCUT2D eigenvalue weighted by Gasteiger charge is 2.32. The molecule has 1 N–H and O–H groups in total. The first-order valence-corrected chi connectivity index (χ1v) is 11.9. The Morgan fingerprint density at radius 1 is 1.00 bits per heavy atom. The summed E-state index contributed by atoms with van der Waals surface area (Å²) in [6, 6.07) is 22.3. The summed E-state index contributed by atoms with van der Waals surface area (Å²) >= 11 is 1.25. The van der Waals surface area contributed by atoms with Crippen LogP contribution < -0.4 is 20.2 Å². The highest BCUT2D eigenvalue weighted by molar-refractivity contribution is 7.07. The minimum Gasteiger partial charge on any atom is -0.322 e. The highest BCUT2D eigenvalue weighted by Crippen LogP contribution is 2.31. The lowest BCUT2D eigenvalue weighted by Crippen LogP contribution is -2.40. The third-order valence-corrected chi connectivity index (χ3v) is 6.93. The molecular weight excluding hydrogens is 461 g/mol. The van der Waals surface area contributed by atoms with Crippen molar-refractivity contribution in [2.24, 2.45) is 4.99 Å². The summed E-state index contributed by atoms with van der Waals surface area (Å²) in [5.41, 5.74) is 3.89. The van der Waals surface area contributed by atoms with Gasteiger partial charge in [0, 0.05) is 5.69 Å². The Morgan fingerprint density at radius 2 is 1.69 bits per heavy atom. The fourth-order valence-electron chi connectivity index (χ4n) is 4.18. The van der Waals surface area contributed by atoms with E-state index in [9.17, 15) is 14.0 Å². The molecule has 0 saturated carbocycles. The SMILES string of the molecule is CC1=C(C(=O)Nc2ccccc2C)C(c2ccccc2)n2c(s/c(=C/c3ccc(F)cc3)c2=O)=N1. The molecule has 0 bridgehead atoms. The van der Waals surface area contributed by atoms with E-state index in [0.717, 1.165) is 11.1 Å². The number of amides is 1. The van der Waals surface area contributed by atoms with Gasteiger partial charge in [0.15, 0.2) is 4.80 Å². The molecule has 174 valence electrons. The predicted octanol–water partition coefficient (Wildman–Crippen LogP) is 4.32. The van der Waals surface area contributed by atoms with Crippen molar-refractivity contribution in [3.63, 3.8) is 0 Å². The Hall–Kier alpha value is -4.10. The lowest BCUT2D eigenvalue weighted by molar-refractivity contribution is -0.113. The Balaban J connectivity index is 1.66. The van der Waals surface area contributed by atoms with Gasteiger partial charge in [-0.15, -0.1) is 0 Å². The average molecular weight is 484 g/mol. The first-order chi connectivity index (χ1) is 16.9. The molecule has 3 aromatic carbocycles. The van der Waals surface area contributed by atoms with E-state index >= 15 is 0 Å². The number of fused-ring (bicyclic) bond motifs is 1. The zero-order chi connectivity index (χ0) is 24.5. The number of hydrogen-bond acceptors (Lipinski definition) is 4. The molecule has 5 nitrogen and oxygen atoms in total. The first-order valence-electron chi connectivity index (χ1n) is 11.1. The van der Waals surface area contributed by atoms with E-state index in [2.05, 4.69) is 10.3 Å². The van der Waals surface area contributed by atoms with Gasteiger partial charge in [0.05, 0.1) is 21.8 Å². The molecule has 1 aromatic heterocycles. The molecule has 0 radical (unpaired) electrons. The van der Waals surface area contributed by atoms with E-state index in [1.165, 1.54) is 23.5 Å². The predicted molar refractivity (Wildman–Crippen MR) is 136 cm³/mol. The van der Waals surface area contributed by atoms with Crippen LogP contribution in [0.2, 0.25) is 0 Å². The summed E-state index contributed by atoms with van der Waals surface area (Å²) in [4.78, 5) is 32.4. The van der Waals surface area contributed by atoms with Crippen LogP contribution in [0.15, 0.2) is 99.9 Å². The summed E-state index contributed by atoms with van der Waals surface area (Å²) in [6.45, 7) is 3.72. The van der Waals surface area contributed by atoms with Crippen molar-refractivity contribution in [2.75, 3.05) is 5.32 Å². The second kappa shape index (κ2) is 9.27. The van der Waals surface area contributed by atoms with Crippen molar-refractivity contribution in [1.82, 2.24) is 4.57 Å². The molecule has 4 aromatic rings.